The zero-order valence-corrected chi connectivity index (χ0v) is 14.7. The van der Waals surface area contributed by atoms with Gasteiger partial charge < -0.3 is 9.64 Å². The minimum Gasteiger partial charge on any atom is -0.378 e. The minimum absolute atomic E-state index is 0.000915. The van der Waals surface area contributed by atoms with Crippen LogP contribution in [-0.4, -0.2) is 37.1 Å². The van der Waals surface area contributed by atoms with E-state index in [1.165, 1.54) is 0 Å². The summed E-state index contributed by atoms with van der Waals surface area (Å²) in [4.78, 5) is 14.4. The molecule has 4 heteroatoms. The van der Waals surface area contributed by atoms with Crippen LogP contribution in [0.4, 0.5) is 0 Å². The molecule has 1 saturated heterocycles. The van der Waals surface area contributed by atoms with E-state index in [0.717, 1.165) is 5.57 Å². The molecular formula is C18H28N2O2. The normalized spacial score (nSPS) is 18.1. The predicted octanol–water partition coefficient (Wildman–Crippen LogP) is 3.31. The van der Waals surface area contributed by atoms with E-state index in [2.05, 4.69) is 32.9 Å². The summed E-state index contributed by atoms with van der Waals surface area (Å²) in [6.07, 6.45) is 3.99. The van der Waals surface area contributed by atoms with Gasteiger partial charge >= 0.3 is 0 Å². The Bertz CT molecular complexity index is 505. The van der Waals surface area contributed by atoms with Crippen LogP contribution in [0.5, 0.6) is 0 Å². The molecule has 0 aromatic carbocycles. The van der Waals surface area contributed by atoms with Gasteiger partial charge in [0.05, 0.1) is 13.2 Å². The lowest BCUT2D eigenvalue weighted by Crippen LogP contribution is -2.41. The molecule has 0 aromatic heterocycles. The van der Waals surface area contributed by atoms with Crippen LogP contribution in [0.15, 0.2) is 23.3 Å². The van der Waals surface area contributed by atoms with Crippen LogP contribution >= 0.6 is 0 Å². The van der Waals surface area contributed by atoms with E-state index in [-0.39, 0.29) is 22.3 Å². The first-order chi connectivity index (χ1) is 10.1. The molecule has 1 heterocycles. The first kappa shape index (κ1) is 18.4. The quantitative estimate of drug-likeness (QED) is 0.447. The maximum Gasteiger partial charge on any atom is 0.264 e. The van der Waals surface area contributed by atoms with Crippen LogP contribution in [0.3, 0.4) is 0 Å². The van der Waals surface area contributed by atoms with Gasteiger partial charge in [-0.05, 0) is 16.4 Å². The van der Waals surface area contributed by atoms with Gasteiger partial charge in [-0.1, -0.05) is 53.7 Å². The van der Waals surface area contributed by atoms with Crippen molar-refractivity contribution in [3.63, 3.8) is 0 Å². The maximum absolute atomic E-state index is 12.7. The molecule has 0 aliphatic carbocycles. The van der Waals surface area contributed by atoms with Gasteiger partial charge in [0, 0.05) is 13.1 Å². The van der Waals surface area contributed by atoms with Crippen LogP contribution in [-0.2, 0) is 9.53 Å². The van der Waals surface area contributed by atoms with Gasteiger partial charge in [0.2, 0.25) is 0 Å². The fourth-order valence-corrected chi connectivity index (χ4v) is 2.19. The van der Waals surface area contributed by atoms with E-state index in [1.807, 2.05) is 26.8 Å². The Labute approximate surface area is 134 Å². The number of hydrogen-bond donors (Lipinski definition) is 0. The van der Waals surface area contributed by atoms with Gasteiger partial charge in [-0.15, -0.1) is 0 Å². The van der Waals surface area contributed by atoms with Crippen molar-refractivity contribution in [2.45, 2.75) is 41.5 Å². The lowest BCUT2D eigenvalue weighted by atomic mass is 9.81. The summed E-state index contributed by atoms with van der Waals surface area (Å²) in [6.45, 7) is 14.5. The molecule has 1 aliphatic rings. The second-order valence-corrected chi connectivity index (χ2v) is 7.75. The molecule has 0 bridgehead atoms. The van der Waals surface area contributed by atoms with E-state index < -0.39 is 0 Å². The third-order valence-corrected chi connectivity index (χ3v) is 3.45. The third-order valence-electron chi connectivity index (χ3n) is 3.45. The minimum atomic E-state index is -0.269. The highest BCUT2D eigenvalue weighted by atomic mass is 16.5. The number of allylic oxidation sites excluding steroid dienone is 3. The lowest BCUT2D eigenvalue weighted by Gasteiger charge is -2.29. The number of carbonyl (C=O) groups excluding carboxylic acids is 1. The average Bonchev–Trinajstić information content (AvgIpc) is 2.41. The largest absolute Gasteiger partial charge is 0.378 e. The summed E-state index contributed by atoms with van der Waals surface area (Å²) >= 11 is 0. The number of nitrogens with zero attached hydrogens (tertiary/aromatic N) is 2. The smallest absolute Gasteiger partial charge is 0.264 e. The van der Waals surface area contributed by atoms with Crippen molar-refractivity contribution in [2.24, 2.45) is 10.8 Å². The molecule has 122 valence electrons. The van der Waals surface area contributed by atoms with E-state index in [0.29, 0.717) is 26.3 Å². The highest BCUT2D eigenvalue weighted by molar-refractivity contribution is 5.98. The summed E-state index contributed by atoms with van der Waals surface area (Å²) < 4.78 is 5.28. The van der Waals surface area contributed by atoms with Crippen LogP contribution in [0.1, 0.15) is 41.5 Å². The lowest BCUT2D eigenvalue weighted by molar-refractivity contribution is -0.130. The Kier molecular flexibility index (Phi) is 5.96. The number of amides is 1. The first-order valence-corrected chi connectivity index (χ1v) is 7.77. The maximum atomic E-state index is 12.7. The Balaban J connectivity index is 3.24. The van der Waals surface area contributed by atoms with Gasteiger partial charge in [-0.25, -0.2) is 0 Å². The number of hydrogen-bond acceptors (Lipinski definition) is 3. The number of morpholine rings is 1. The summed E-state index contributed by atoms with van der Waals surface area (Å²) in [5.74, 6) is -0.186. The number of rotatable bonds is 2. The van der Waals surface area contributed by atoms with Crippen LogP contribution in [0.2, 0.25) is 0 Å². The molecule has 22 heavy (non-hydrogen) atoms. The van der Waals surface area contributed by atoms with Crippen molar-refractivity contribution in [1.82, 2.24) is 4.90 Å². The summed E-state index contributed by atoms with van der Waals surface area (Å²) in [7, 11) is 0. The topological polar surface area (TPSA) is 53.3 Å². The van der Waals surface area contributed by atoms with Crippen molar-refractivity contribution in [3.05, 3.63) is 23.3 Å². The molecule has 0 aromatic rings. The first-order valence-electron chi connectivity index (χ1n) is 7.77. The van der Waals surface area contributed by atoms with Gasteiger partial charge in [0.1, 0.15) is 11.6 Å². The Hall–Kier alpha value is -1.60. The van der Waals surface area contributed by atoms with E-state index in [9.17, 15) is 10.1 Å². The van der Waals surface area contributed by atoms with Crippen LogP contribution < -0.4 is 0 Å². The molecule has 0 saturated carbocycles. The molecule has 1 aliphatic heterocycles. The zero-order chi connectivity index (χ0) is 17.0. The third kappa shape index (κ3) is 5.31. The fraction of sp³-hybridized carbons (Fsp3) is 0.667. The Morgan fingerprint density at radius 3 is 2.09 bits per heavy atom. The van der Waals surface area contributed by atoms with Crippen LogP contribution in [0, 0.1) is 22.2 Å². The highest BCUT2D eigenvalue weighted by Gasteiger charge is 2.28. The zero-order valence-electron chi connectivity index (χ0n) is 14.7. The SMILES string of the molecule is CC(C)(C)/C=C\C(=C(/C#N)C(=O)N1CCOCC1)C(C)(C)C. The van der Waals surface area contributed by atoms with E-state index >= 15 is 0 Å². The van der Waals surface area contributed by atoms with Crippen LogP contribution in [0.25, 0.3) is 0 Å². The molecular weight excluding hydrogens is 276 g/mol. The molecule has 0 atom stereocenters. The van der Waals surface area contributed by atoms with Crippen molar-refractivity contribution >= 4 is 5.91 Å². The van der Waals surface area contributed by atoms with Gasteiger partial charge in [0.15, 0.2) is 0 Å². The number of ether oxygens (including phenoxy) is 1. The Morgan fingerprint density at radius 2 is 1.68 bits per heavy atom. The van der Waals surface area contributed by atoms with Crippen molar-refractivity contribution < 1.29 is 9.53 Å². The molecule has 1 amide bonds. The van der Waals surface area contributed by atoms with Crippen molar-refractivity contribution in [1.29, 1.82) is 5.26 Å². The molecule has 0 unspecified atom stereocenters. The number of carbonyl (C=O) groups is 1. The fourth-order valence-electron chi connectivity index (χ4n) is 2.19. The summed E-state index contributed by atoms with van der Waals surface area (Å²) in [6, 6.07) is 2.14. The molecule has 0 radical (unpaired) electrons. The van der Waals surface area contributed by atoms with Gasteiger partial charge in [0.25, 0.3) is 5.91 Å². The van der Waals surface area contributed by atoms with E-state index in [1.54, 1.807) is 4.90 Å². The molecule has 0 spiro atoms. The molecule has 1 rings (SSSR count). The molecule has 1 fully saturated rings. The average molecular weight is 304 g/mol. The highest BCUT2D eigenvalue weighted by Crippen LogP contribution is 2.31. The van der Waals surface area contributed by atoms with E-state index in [4.69, 9.17) is 4.74 Å². The molecule has 0 N–H and O–H groups in total. The summed E-state index contributed by atoms with van der Waals surface area (Å²) in [5, 5.41) is 9.57. The van der Waals surface area contributed by atoms with Gasteiger partial charge in [-0.3, -0.25) is 4.79 Å². The summed E-state index contributed by atoms with van der Waals surface area (Å²) in [5.41, 5.74) is 0.768. The number of nitriles is 1. The van der Waals surface area contributed by atoms with Crippen molar-refractivity contribution in [2.75, 3.05) is 26.3 Å². The monoisotopic (exact) mass is 304 g/mol. The molecule has 4 nitrogen and oxygen atoms in total. The Morgan fingerprint density at radius 1 is 1.14 bits per heavy atom. The standard InChI is InChI=1S/C18H28N2O2/c1-17(2,3)8-7-15(18(4,5)6)14(13-19)16(21)20-9-11-22-12-10-20/h7-8H,9-12H2,1-6H3/b8-7-,15-14-. The predicted molar refractivity (Wildman–Crippen MR) is 88.1 cm³/mol. The van der Waals surface area contributed by atoms with Crippen molar-refractivity contribution in [3.8, 4) is 6.07 Å². The van der Waals surface area contributed by atoms with Gasteiger partial charge in [-0.2, -0.15) is 5.26 Å². The second kappa shape index (κ2) is 7.11. The second-order valence-electron chi connectivity index (χ2n) is 7.75.